The van der Waals surface area contributed by atoms with E-state index in [0.717, 1.165) is 15.4 Å². The molecule has 0 fully saturated rings. The normalized spacial score (nSPS) is 11.5. The Labute approximate surface area is 169 Å². The molecule has 0 bridgehead atoms. The van der Waals surface area contributed by atoms with Crippen LogP contribution in [0.25, 0.3) is 11.0 Å². The maximum atomic E-state index is 13.1. The van der Waals surface area contributed by atoms with Gasteiger partial charge in [0, 0.05) is 39.1 Å². The minimum absolute atomic E-state index is 0.0319. The fraction of sp³-hybridized carbons (Fsp3) is 0.211. The van der Waals surface area contributed by atoms with Gasteiger partial charge < -0.3 is 9.52 Å². The van der Waals surface area contributed by atoms with Crippen LogP contribution in [0.4, 0.5) is 0 Å². The molecule has 0 aliphatic carbocycles. The lowest BCUT2D eigenvalue weighted by Gasteiger charge is -2.15. The molecule has 0 unspecified atom stereocenters. The third-order valence-corrected chi connectivity index (χ3v) is 5.09. The summed E-state index contributed by atoms with van der Waals surface area (Å²) in [6, 6.07) is 10.4. The maximum absolute atomic E-state index is 13.1. The van der Waals surface area contributed by atoms with Crippen molar-refractivity contribution in [2.45, 2.75) is 6.54 Å². The summed E-state index contributed by atoms with van der Waals surface area (Å²) in [6.45, 7) is 0.976. The number of benzene rings is 2. The fourth-order valence-electron chi connectivity index (χ4n) is 2.78. The molecule has 0 radical (unpaired) electrons. The Morgan fingerprint density at radius 3 is 2.69 bits per heavy atom. The lowest BCUT2D eigenvalue weighted by Crippen LogP contribution is -2.22. The van der Waals surface area contributed by atoms with Crippen molar-refractivity contribution in [2.24, 2.45) is 0 Å². The average Bonchev–Trinajstić information content (AvgIpc) is 2.92. The zero-order chi connectivity index (χ0) is 18.8. The van der Waals surface area contributed by atoms with E-state index in [-0.39, 0.29) is 23.2 Å². The van der Waals surface area contributed by atoms with Gasteiger partial charge in [0.2, 0.25) is 5.78 Å². The summed E-state index contributed by atoms with van der Waals surface area (Å²) in [6.07, 6.45) is 0. The van der Waals surface area contributed by atoms with Gasteiger partial charge in [-0.05, 0) is 43.4 Å². The molecule has 0 aliphatic heterocycles. The molecule has 0 amide bonds. The summed E-state index contributed by atoms with van der Waals surface area (Å²) in [5.74, 6) is -0.0569. The van der Waals surface area contributed by atoms with E-state index in [1.54, 1.807) is 12.1 Å². The van der Waals surface area contributed by atoms with E-state index in [1.807, 2.05) is 30.1 Å². The molecule has 0 aliphatic rings. The van der Waals surface area contributed by atoms with Crippen molar-refractivity contribution in [1.29, 1.82) is 0 Å². The summed E-state index contributed by atoms with van der Waals surface area (Å²) in [4.78, 5) is 15.0. The molecule has 7 heteroatoms. The van der Waals surface area contributed by atoms with E-state index in [9.17, 15) is 4.79 Å². The van der Waals surface area contributed by atoms with Crippen molar-refractivity contribution in [1.82, 2.24) is 4.90 Å². The van der Waals surface area contributed by atoms with Gasteiger partial charge in [-0.15, -0.1) is 0 Å². The minimum Gasteiger partial charge on any atom is -0.452 e. The molecule has 3 aromatic rings. The third kappa shape index (κ3) is 3.97. The van der Waals surface area contributed by atoms with E-state index in [4.69, 9.17) is 32.7 Å². The van der Waals surface area contributed by atoms with Crippen LogP contribution in [-0.2, 0) is 6.54 Å². The Balaban J connectivity index is 2.12. The molecule has 4 nitrogen and oxygen atoms in total. The monoisotopic (exact) mass is 455 g/mol. The van der Waals surface area contributed by atoms with Crippen LogP contribution in [0, 0.1) is 0 Å². The molecule has 0 saturated heterocycles. The van der Waals surface area contributed by atoms with Gasteiger partial charge in [-0.2, -0.15) is 0 Å². The van der Waals surface area contributed by atoms with E-state index >= 15 is 0 Å². The van der Waals surface area contributed by atoms with Gasteiger partial charge >= 0.3 is 0 Å². The van der Waals surface area contributed by atoms with Crippen molar-refractivity contribution in [3.8, 4) is 0 Å². The Kier molecular flexibility index (Phi) is 6.05. The zero-order valence-corrected chi connectivity index (χ0v) is 17.0. The average molecular weight is 457 g/mol. The minimum atomic E-state index is -0.300. The first-order valence-electron chi connectivity index (χ1n) is 7.90. The highest BCUT2D eigenvalue weighted by molar-refractivity contribution is 9.10. The summed E-state index contributed by atoms with van der Waals surface area (Å²) >= 11 is 15.6. The van der Waals surface area contributed by atoms with Gasteiger partial charge in [0.05, 0.1) is 11.6 Å². The van der Waals surface area contributed by atoms with Gasteiger partial charge in [0.25, 0.3) is 0 Å². The van der Waals surface area contributed by atoms with E-state index in [1.165, 1.54) is 6.07 Å². The second-order valence-electron chi connectivity index (χ2n) is 5.96. The molecule has 1 aromatic heterocycles. The molecule has 3 rings (SSSR count). The molecule has 0 saturated carbocycles. The Morgan fingerprint density at radius 1 is 1.23 bits per heavy atom. The number of aliphatic hydroxyl groups is 1. The Hall–Kier alpha value is -1.37. The van der Waals surface area contributed by atoms with Gasteiger partial charge in [0.15, 0.2) is 5.76 Å². The molecule has 2 aromatic carbocycles. The number of fused-ring (bicyclic) bond motifs is 1. The third-order valence-electron chi connectivity index (χ3n) is 4.05. The number of hydrogen-bond acceptors (Lipinski definition) is 4. The molecule has 136 valence electrons. The number of hydrogen-bond donors (Lipinski definition) is 1. The van der Waals surface area contributed by atoms with Crippen molar-refractivity contribution < 1.29 is 14.3 Å². The molecular formula is C19H16BrCl2NO3. The van der Waals surface area contributed by atoms with Crippen LogP contribution >= 0.6 is 39.1 Å². The van der Waals surface area contributed by atoms with Crippen LogP contribution in [0.15, 0.2) is 45.3 Å². The number of rotatable bonds is 6. The number of ketones is 1. The zero-order valence-electron chi connectivity index (χ0n) is 13.9. The van der Waals surface area contributed by atoms with E-state index in [0.29, 0.717) is 29.3 Å². The largest absolute Gasteiger partial charge is 0.452 e. The van der Waals surface area contributed by atoms with Crippen LogP contribution in [0.5, 0.6) is 0 Å². The molecule has 0 atom stereocenters. The van der Waals surface area contributed by atoms with Crippen molar-refractivity contribution in [2.75, 3.05) is 20.2 Å². The number of nitrogens with zero attached hydrogens (tertiary/aromatic N) is 1. The van der Waals surface area contributed by atoms with Crippen molar-refractivity contribution in [3.63, 3.8) is 0 Å². The van der Waals surface area contributed by atoms with Crippen LogP contribution in [-0.4, -0.2) is 36.0 Å². The lowest BCUT2D eigenvalue weighted by atomic mass is 10.0. The predicted molar refractivity (Wildman–Crippen MR) is 107 cm³/mol. The Morgan fingerprint density at radius 2 is 2.00 bits per heavy atom. The molecule has 1 N–H and O–H groups in total. The second-order valence-corrected chi connectivity index (χ2v) is 7.72. The summed E-state index contributed by atoms with van der Waals surface area (Å²) in [5, 5.41) is 10.8. The Bertz CT molecular complexity index is 971. The molecular weight excluding hydrogens is 441 g/mol. The molecule has 26 heavy (non-hydrogen) atoms. The van der Waals surface area contributed by atoms with Crippen LogP contribution < -0.4 is 0 Å². The summed E-state index contributed by atoms with van der Waals surface area (Å²) < 4.78 is 6.76. The van der Waals surface area contributed by atoms with Crippen LogP contribution in [0.2, 0.25) is 10.0 Å². The first kappa shape index (κ1) is 19.4. The first-order valence-corrected chi connectivity index (χ1v) is 9.45. The van der Waals surface area contributed by atoms with Crippen molar-refractivity contribution >= 4 is 55.9 Å². The second kappa shape index (κ2) is 8.11. The predicted octanol–water partition coefficient (Wildman–Crippen LogP) is 5.16. The quantitative estimate of drug-likeness (QED) is 0.520. The first-order chi connectivity index (χ1) is 12.4. The maximum Gasteiger partial charge on any atom is 0.230 e. The van der Waals surface area contributed by atoms with Gasteiger partial charge in [-0.25, -0.2) is 0 Å². The number of halogens is 3. The summed E-state index contributed by atoms with van der Waals surface area (Å²) in [7, 11) is 1.87. The van der Waals surface area contributed by atoms with E-state index in [2.05, 4.69) is 15.9 Å². The smallest absolute Gasteiger partial charge is 0.230 e. The van der Waals surface area contributed by atoms with Crippen molar-refractivity contribution in [3.05, 3.63) is 67.8 Å². The lowest BCUT2D eigenvalue weighted by molar-refractivity contribution is 0.101. The highest BCUT2D eigenvalue weighted by atomic mass is 79.9. The van der Waals surface area contributed by atoms with Gasteiger partial charge in [0.1, 0.15) is 5.58 Å². The number of furan rings is 1. The highest BCUT2D eigenvalue weighted by Crippen LogP contribution is 2.32. The van der Waals surface area contributed by atoms with Gasteiger partial charge in [-0.3, -0.25) is 9.69 Å². The van der Waals surface area contributed by atoms with Gasteiger partial charge in [-0.1, -0.05) is 39.1 Å². The topological polar surface area (TPSA) is 53.7 Å². The van der Waals surface area contributed by atoms with Crippen LogP contribution in [0.1, 0.15) is 21.7 Å². The standard InChI is InChI=1S/C19H16BrCl2NO3/c1-23(6-7-24)10-15-13-4-2-11(20)8-17(13)26-19(15)18(25)14-5-3-12(21)9-16(14)22/h2-5,8-9,24H,6-7,10H2,1H3. The number of carbonyl (C=O) groups excluding carboxylic acids is 1. The SMILES string of the molecule is CN(CCO)Cc1c(C(=O)c2ccc(Cl)cc2Cl)oc2cc(Br)ccc12. The number of likely N-dealkylation sites (N-methyl/N-ethyl adjacent to an activating group) is 1. The summed E-state index contributed by atoms with van der Waals surface area (Å²) in [5.41, 5.74) is 1.71. The molecule has 0 spiro atoms. The highest BCUT2D eigenvalue weighted by Gasteiger charge is 2.24. The molecule has 1 heterocycles. The fourth-order valence-corrected chi connectivity index (χ4v) is 3.61. The number of aliphatic hydroxyl groups excluding tert-OH is 1. The van der Waals surface area contributed by atoms with E-state index < -0.39 is 0 Å². The number of carbonyl (C=O) groups is 1. The van der Waals surface area contributed by atoms with Crippen LogP contribution in [0.3, 0.4) is 0 Å².